The summed E-state index contributed by atoms with van der Waals surface area (Å²) in [6, 6.07) is 9.81. The lowest BCUT2D eigenvalue weighted by atomic mass is 9.89. The molecule has 3 N–H and O–H groups in total. The Hall–Kier alpha value is -2.50. The van der Waals surface area contributed by atoms with E-state index in [0.29, 0.717) is 23.1 Å². The van der Waals surface area contributed by atoms with Gasteiger partial charge in [-0.1, -0.05) is 12.1 Å². The fraction of sp³-hybridized carbons (Fsp3) is 0.167. The summed E-state index contributed by atoms with van der Waals surface area (Å²) in [6.45, 7) is 0.675. The number of aromatic hydroxyl groups is 2. The second-order valence-corrected chi connectivity index (χ2v) is 5.69. The first kappa shape index (κ1) is 16.4. The molecule has 0 radical (unpaired) electrons. The van der Waals surface area contributed by atoms with Crippen LogP contribution in [-0.4, -0.2) is 16.8 Å². The highest BCUT2D eigenvalue weighted by molar-refractivity contribution is 5.85. The number of benzene rings is 2. The largest absolute Gasteiger partial charge is 0.504 e. The van der Waals surface area contributed by atoms with Crippen molar-refractivity contribution < 1.29 is 14.6 Å². The molecule has 24 heavy (non-hydrogen) atoms. The van der Waals surface area contributed by atoms with Crippen molar-refractivity contribution in [3.63, 3.8) is 0 Å². The molecular formula is C18H16ClNO4. The molecule has 0 saturated carbocycles. The zero-order valence-electron chi connectivity index (χ0n) is 12.7. The molecular weight excluding hydrogens is 330 g/mol. The van der Waals surface area contributed by atoms with Crippen LogP contribution in [0.1, 0.15) is 22.7 Å². The third-order valence-corrected chi connectivity index (χ3v) is 4.31. The maximum Gasteiger partial charge on any atom is 0.197 e. The van der Waals surface area contributed by atoms with Crippen molar-refractivity contribution in [2.45, 2.75) is 12.5 Å². The fourth-order valence-electron chi connectivity index (χ4n) is 3.15. The van der Waals surface area contributed by atoms with Crippen LogP contribution in [0.2, 0.25) is 0 Å². The Morgan fingerprint density at radius 3 is 2.67 bits per heavy atom. The number of hydrogen-bond acceptors (Lipinski definition) is 5. The minimum absolute atomic E-state index is 0. The molecule has 0 spiro atoms. The van der Waals surface area contributed by atoms with Gasteiger partial charge in [0.1, 0.15) is 11.8 Å². The summed E-state index contributed by atoms with van der Waals surface area (Å²) < 4.78 is 5.59. The molecule has 5 nitrogen and oxygen atoms in total. The standard InChI is InChI=1S/C18H15NO4.ClH/c20-14-7-10-5-6-19-17(12(10)8-15(14)21)13-9-23-16-4-2-1-3-11(16)18(13)22;/h1-4,7-9,17,19-21H,5-6H2;1H. The number of phenols is 2. The number of hydrogen-bond donors (Lipinski definition) is 3. The number of fused-ring (bicyclic) bond motifs is 2. The van der Waals surface area contributed by atoms with E-state index < -0.39 is 0 Å². The van der Waals surface area contributed by atoms with E-state index in [1.165, 1.54) is 12.3 Å². The van der Waals surface area contributed by atoms with Crippen molar-refractivity contribution in [1.82, 2.24) is 5.32 Å². The van der Waals surface area contributed by atoms with E-state index in [9.17, 15) is 15.0 Å². The van der Waals surface area contributed by atoms with Crippen molar-refractivity contribution in [3.05, 3.63) is 69.6 Å². The number of halogens is 1. The van der Waals surface area contributed by atoms with Gasteiger partial charge in [-0.3, -0.25) is 4.79 Å². The van der Waals surface area contributed by atoms with Crippen LogP contribution in [0.25, 0.3) is 11.0 Å². The molecule has 1 aliphatic rings. The molecule has 2 aromatic carbocycles. The maximum atomic E-state index is 12.8. The summed E-state index contributed by atoms with van der Waals surface area (Å²) in [5.74, 6) is -0.336. The van der Waals surface area contributed by atoms with Crippen molar-refractivity contribution in [3.8, 4) is 11.5 Å². The Labute approximate surface area is 144 Å². The number of rotatable bonds is 1. The zero-order chi connectivity index (χ0) is 16.0. The minimum atomic E-state index is -0.369. The molecule has 1 aliphatic heterocycles. The third kappa shape index (κ3) is 2.52. The van der Waals surface area contributed by atoms with E-state index in [4.69, 9.17) is 4.42 Å². The summed E-state index contributed by atoms with van der Waals surface area (Å²) >= 11 is 0. The zero-order valence-corrected chi connectivity index (χ0v) is 13.5. The van der Waals surface area contributed by atoms with Gasteiger partial charge in [0.25, 0.3) is 0 Å². The summed E-state index contributed by atoms with van der Waals surface area (Å²) in [5, 5.41) is 23.3. The highest BCUT2D eigenvalue weighted by atomic mass is 35.5. The van der Waals surface area contributed by atoms with Crippen molar-refractivity contribution >= 4 is 23.4 Å². The number of phenolic OH excluding ortho intramolecular Hbond substituents is 2. The SMILES string of the molecule is Cl.O=c1c(C2NCCc3cc(O)c(O)cc32)coc2ccccc12. The third-order valence-electron chi connectivity index (χ3n) is 4.31. The first-order valence-corrected chi connectivity index (χ1v) is 7.44. The van der Waals surface area contributed by atoms with Gasteiger partial charge in [0.15, 0.2) is 16.9 Å². The van der Waals surface area contributed by atoms with E-state index in [2.05, 4.69) is 5.32 Å². The molecule has 6 heteroatoms. The molecule has 124 valence electrons. The Bertz CT molecular complexity index is 967. The minimum Gasteiger partial charge on any atom is -0.504 e. The lowest BCUT2D eigenvalue weighted by Crippen LogP contribution is -2.33. The predicted molar refractivity (Wildman–Crippen MR) is 93.1 cm³/mol. The molecule has 0 aliphatic carbocycles. The van der Waals surface area contributed by atoms with Gasteiger partial charge in [-0.05, 0) is 41.8 Å². The molecule has 1 unspecified atom stereocenters. The van der Waals surface area contributed by atoms with Gasteiger partial charge in [0.05, 0.1) is 17.0 Å². The van der Waals surface area contributed by atoms with Crippen LogP contribution in [0, 0.1) is 0 Å². The smallest absolute Gasteiger partial charge is 0.197 e. The molecule has 0 saturated heterocycles. The normalized spacial score (nSPS) is 16.4. The monoisotopic (exact) mass is 345 g/mol. The van der Waals surface area contributed by atoms with E-state index >= 15 is 0 Å². The van der Waals surface area contributed by atoms with Gasteiger partial charge in [-0.25, -0.2) is 0 Å². The van der Waals surface area contributed by atoms with Crippen LogP contribution in [0.15, 0.2) is 51.9 Å². The average molecular weight is 346 g/mol. The molecule has 3 aromatic rings. The van der Waals surface area contributed by atoms with Gasteiger partial charge in [-0.15, -0.1) is 12.4 Å². The van der Waals surface area contributed by atoms with Gasteiger partial charge >= 0.3 is 0 Å². The lowest BCUT2D eigenvalue weighted by molar-refractivity contribution is 0.400. The van der Waals surface area contributed by atoms with Gasteiger partial charge in [0.2, 0.25) is 0 Å². The number of nitrogens with one attached hydrogen (secondary N) is 1. The van der Waals surface area contributed by atoms with Gasteiger partial charge in [0, 0.05) is 6.54 Å². The molecule has 1 aromatic heterocycles. The maximum absolute atomic E-state index is 12.8. The highest BCUT2D eigenvalue weighted by Crippen LogP contribution is 2.35. The summed E-state index contributed by atoms with van der Waals surface area (Å²) in [4.78, 5) is 12.8. The van der Waals surface area contributed by atoms with Gasteiger partial charge < -0.3 is 19.9 Å². The summed E-state index contributed by atoms with van der Waals surface area (Å²) in [7, 11) is 0. The van der Waals surface area contributed by atoms with Crippen LogP contribution in [0.4, 0.5) is 0 Å². The molecule has 0 amide bonds. The van der Waals surface area contributed by atoms with E-state index in [1.807, 2.05) is 6.07 Å². The molecule has 2 heterocycles. The average Bonchev–Trinajstić information content (AvgIpc) is 2.56. The second kappa shape index (κ2) is 6.19. The topological polar surface area (TPSA) is 82.7 Å². The Morgan fingerprint density at radius 1 is 1.08 bits per heavy atom. The Kier molecular flexibility index (Phi) is 4.22. The van der Waals surface area contributed by atoms with Crippen molar-refractivity contribution in [2.24, 2.45) is 0 Å². The van der Waals surface area contributed by atoms with Crippen LogP contribution < -0.4 is 10.7 Å². The van der Waals surface area contributed by atoms with Crippen molar-refractivity contribution in [2.75, 3.05) is 6.54 Å². The van der Waals surface area contributed by atoms with Crippen LogP contribution >= 0.6 is 12.4 Å². The lowest BCUT2D eigenvalue weighted by Gasteiger charge is -2.27. The Morgan fingerprint density at radius 2 is 1.83 bits per heavy atom. The second-order valence-electron chi connectivity index (χ2n) is 5.69. The highest BCUT2D eigenvalue weighted by Gasteiger charge is 2.26. The van der Waals surface area contributed by atoms with Crippen molar-refractivity contribution in [1.29, 1.82) is 0 Å². The van der Waals surface area contributed by atoms with E-state index in [0.717, 1.165) is 17.5 Å². The van der Waals surface area contributed by atoms with E-state index in [1.54, 1.807) is 24.3 Å². The van der Waals surface area contributed by atoms with Gasteiger partial charge in [-0.2, -0.15) is 0 Å². The molecule has 4 rings (SSSR count). The first-order chi connectivity index (χ1) is 11.1. The number of para-hydroxylation sites is 1. The Balaban J connectivity index is 0.00000169. The van der Waals surface area contributed by atoms with E-state index in [-0.39, 0.29) is 35.4 Å². The van der Waals surface area contributed by atoms with Crippen LogP contribution in [0.5, 0.6) is 11.5 Å². The quantitative estimate of drug-likeness (QED) is 0.591. The summed E-state index contributed by atoms with van der Waals surface area (Å²) in [6.07, 6.45) is 2.19. The summed E-state index contributed by atoms with van der Waals surface area (Å²) in [5.41, 5.74) is 2.65. The molecule has 0 fully saturated rings. The van der Waals surface area contributed by atoms with Crippen LogP contribution in [-0.2, 0) is 6.42 Å². The first-order valence-electron chi connectivity index (χ1n) is 7.44. The molecule has 0 bridgehead atoms. The van der Waals surface area contributed by atoms with Crippen LogP contribution in [0.3, 0.4) is 0 Å². The fourth-order valence-corrected chi connectivity index (χ4v) is 3.15. The predicted octanol–water partition coefficient (Wildman–Crippen LogP) is 2.86. The molecule has 1 atom stereocenters.